The molecule has 4 rings (SSSR count). The summed E-state index contributed by atoms with van der Waals surface area (Å²) in [5.74, 6) is 1.12. The van der Waals surface area contributed by atoms with Crippen LogP contribution in [0.15, 0.2) is 76.1 Å². The number of rotatable bonds is 5. The summed E-state index contributed by atoms with van der Waals surface area (Å²) in [7, 11) is 0. The number of aromatic nitrogens is 2. The van der Waals surface area contributed by atoms with E-state index in [1.54, 1.807) is 27.9 Å². The fourth-order valence-electron chi connectivity index (χ4n) is 3.93. The van der Waals surface area contributed by atoms with Crippen LogP contribution in [0.4, 0.5) is 4.79 Å². The van der Waals surface area contributed by atoms with Gasteiger partial charge in [-0.3, -0.25) is 9.36 Å². The van der Waals surface area contributed by atoms with E-state index in [2.05, 4.69) is 5.32 Å². The second-order valence-electron chi connectivity index (χ2n) is 9.53. The SMILES string of the molecule is Cc1cccc(-n2c(C(C)N(Cc3ccco3)C(=O)NC(C)(C)C)nc3ccccc3c2=O)c1. The summed E-state index contributed by atoms with van der Waals surface area (Å²) in [5.41, 5.74) is 1.71. The third kappa shape index (κ3) is 4.88. The van der Waals surface area contributed by atoms with Crippen LogP contribution in [-0.2, 0) is 6.54 Å². The number of furan rings is 1. The third-order valence-corrected chi connectivity index (χ3v) is 5.55. The normalized spacial score (nSPS) is 12.5. The highest BCUT2D eigenvalue weighted by Crippen LogP contribution is 2.25. The molecule has 0 fully saturated rings. The summed E-state index contributed by atoms with van der Waals surface area (Å²) in [6.45, 7) is 9.87. The Morgan fingerprint density at radius 2 is 1.88 bits per heavy atom. The molecular weight excluding hydrogens is 428 g/mol. The number of para-hydroxylation sites is 1. The average molecular weight is 459 g/mol. The highest BCUT2D eigenvalue weighted by Gasteiger charge is 2.29. The van der Waals surface area contributed by atoms with Crippen molar-refractivity contribution in [1.29, 1.82) is 0 Å². The summed E-state index contributed by atoms with van der Waals surface area (Å²) >= 11 is 0. The number of hydrogen-bond acceptors (Lipinski definition) is 4. The van der Waals surface area contributed by atoms with Gasteiger partial charge < -0.3 is 14.6 Å². The van der Waals surface area contributed by atoms with E-state index in [0.717, 1.165) is 5.56 Å². The fourth-order valence-corrected chi connectivity index (χ4v) is 3.93. The maximum atomic E-state index is 13.7. The van der Waals surface area contributed by atoms with Gasteiger partial charge in [0.05, 0.1) is 35.4 Å². The number of nitrogens with zero attached hydrogens (tertiary/aromatic N) is 3. The highest BCUT2D eigenvalue weighted by molar-refractivity contribution is 5.78. The summed E-state index contributed by atoms with van der Waals surface area (Å²) in [5, 5.41) is 3.56. The van der Waals surface area contributed by atoms with E-state index >= 15 is 0 Å². The Hall–Kier alpha value is -3.87. The van der Waals surface area contributed by atoms with Crippen molar-refractivity contribution in [2.75, 3.05) is 0 Å². The van der Waals surface area contributed by atoms with E-state index < -0.39 is 11.6 Å². The van der Waals surface area contributed by atoms with Gasteiger partial charge in [0.2, 0.25) is 0 Å². The topological polar surface area (TPSA) is 80.4 Å². The Morgan fingerprint density at radius 1 is 1.12 bits per heavy atom. The third-order valence-electron chi connectivity index (χ3n) is 5.55. The summed E-state index contributed by atoms with van der Waals surface area (Å²) in [6, 6.07) is 17.8. The Balaban J connectivity index is 1.90. The van der Waals surface area contributed by atoms with E-state index in [1.807, 2.05) is 83.1 Å². The number of carbonyl (C=O) groups is 1. The van der Waals surface area contributed by atoms with Crippen molar-refractivity contribution < 1.29 is 9.21 Å². The molecule has 0 saturated heterocycles. The van der Waals surface area contributed by atoms with Gasteiger partial charge in [-0.2, -0.15) is 0 Å². The first-order chi connectivity index (χ1) is 16.1. The Labute approximate surface area is 199 Å². The number of amides is 2. The van der Waals surface area contributed by atoms with Gasteiger partial charge in [0.1, 0.15) is 11.6 Å². The van der Waals surface area contributed by atoms with E-state index in [0.29, 0.717) is 28.2 Å². The van der Waals surface area contributed by atoms with Crippen LogP contribution in [-0.4, -0.2) is 26.0 Å². The second kappa shape index (κ2) is 9.17. The molecule has 2 heterocycles. The van der Waals surface area contributed by atoms with E-state index in [1.165, 1.54) is 0 Å². The maximum Gasteiger partial charge on any atom is 0.318 e. The standard InChI is InChI=1S/C27H30N4O3/c1-18-10-8-11-20(16-18)31-24(28-23-14-7-6-13-22(23)25(31)32)19(2)30(17-21-12-9-15-34-21)26(33)29-27(3,4)5/h6-16,19H,17H2,1-5H3,(H,29,33). The summed E-state index contributed by atoms with van der Waals surface area (Å²) < 4.78 is 7.15. The molecule has 2 amide bonds. The minimum absolute atomic E-state index is 0.174. The predicted molar refractivity (Wildman–Crippen MR) is 133 cm³/mol. The molecule has 7 heteroatoms. The van der Waals surface area contributed by atoms with Gasteiger partial charge >= 0.3 is 6.03 Å². The number of carbonyl (C=O) groups excluding carboxylic acids is 1. The first-order valence-corrected chi connectivity index (χ1v) is 11.3. The zero-order valence-electron chi connectivity index (χ0n) is 20.2. The Bertz CT molecular complexity index is 1370. The van der Waals surface area contributed by atoms with Crippen LogP contribution in [0.5, 0.6) is 0 Å². The molecule has 0 aliphatic rings. The van der Waals surface area contributed by atoms with Gasteiger partial charge in [-0.15, -0.1) is 0 Å². The molecule has 0 radical (unpaired) electrons. The van der Waals surface area contributed by atoms with E-state index in [4.69, 9.17) is 9.40 Å². The molecule has 0 bridgehead atoms. The molecule has 1 atom stereocenters. The predicted octanol–water partition coefficient (Wildman–Crippen LogP) is 5.36. The minimum atomic E-state index is -0.537. The molecule has 1 N–H and O–H groups in total. The van der Waals surface area contributed by atoms with Crippen LogP contribution in [0, 0.1) is 6.92 Å². The number of nitrogens with one attached hydrogen (secondary N) is 1. The first-order valence-electron chi connectivity index (χ1n) is 11.3. The molecule has 7 nitrogen and oxygen atoms in total. The van der Waals surface area contributed by atoms with E-state index in [9.17, 15) is 9.59 Å². The number of hydrogen-bond donors (Lipinski definition) is 1. The maximum absolute atomic E-state index is 13.7. The summed E-state index contributed by atoms with van der Waals surface area (Å²) in [4.78, 5) is 33.6. The average Bonchev–Trinajstić information content (AvgIpc) is 3.29. The van der Waals surface area contributed by atoms with Gasteiger partial charge in [-0.1, -0.05) is 24.3 Å². The van der Waals surface area contributed by atoms with Crippen molar-refractivity contribution >= 4 is 16.9 Å². The van der Waals surface area contributed by atoms with Crippen molar-refractivity contribution in [3.8, 4) is 5.69 Å². The minimum Gasteiger partial charge on any atom is -0.467 e. The van der Waals surface area contributed by atoms with E-state index in [-0.39, 0.29) is 18.1 Å². The van der Waals surface area contributed by atoms with Crippen LogP contribution >= 0.6 is 0 Å². The monoisotopic (exact) mass is 458 g/mol. The van der Waals surface area contributed by atoms with Crippen LogP contribution in [0.1, 0.15) is 50.9 Å². The zero-order valence-corrected chi connectivity index (χ0v) is 20.2. The van der Waals surface area contributed by atoms with Crippen LogP contribution in [0.2, 0.25) is 0 Å². The van der Waals surface area contributed by atoms with Crippen LogP contribution in [0.25, 0.3) is 16.6 Å². The highest BCUT2D eigenvalue weighted by atomic mass is 16.3. The van der Waals surface area contributed by atoms with Crippen LogP contribution in [0.3, 0.4) is 0 Å². The van der Waals surface area contributed by atoms with Crippen molar-refractivity contribution in [2.24, 2.45) is 0 Å². The number of aryl methyl sites for hydroxylation is 1. The molecule has 0 saturated carbocycles. The van der Waals surface area contributed by atoms with Crippen LogP contribution < -0.4 is 10.9 Å². The molecule has 0 spiro atoms. The lowest BCUT2D eigenvalue weighted by atomic mass is 10.1. The Morgan fingerprint density at radius 3 is 2.56 bits per heavy atom. The molecule has 4 aromatic rings. The van der Waals surface area contributed by atoms with Gasteiger partial charge in [0, 0.05) is 5.54 Å². The Kier molecular flexibility index (Phi) is 6.28. The molecule has 0 aliphatic carbocycles. The molecule has 2 aromatic carbocycles. The van der Waals surface area contributed by atoms with Crippen molar-refractivity contribution in [2.45, 2.75) is 52.7 Å². The first kappa shape index (κ1) is 23.3. The van der Waals surface area contributed by atoms with Gasteiger partial charge in [0.15, 0.2) is 0 Å². The van der Waals surface area contributed by atoms with Gasteiger partial charge in [-0.05, 0) is 76.6 Å². The lowest BCUT2D eigenvalue weighted by Gasteiger charge is -2.33. The molecule has 2 aromatic heterocycles. The van der Waals surface area contributed by atoms with Crippen molar-refractivity contribution in [3.63, 3.8) is 0 Å². The molecule has 1 unspecified atom stereocenters. The second-order valence-corrected chi connectivity index (χ2v) is 9.53. The number of fused-ring (bicyclic) bond motifs is 1. The lowest BCUT2D eigenvalue weighted by molar-refractivity contribution is 0.158. The molecular formula is C27H30N4O3. The fraction of sp³-hybridized carbons (Fsp3) is 0.296. The van der Waals surface area contributed by atoms with Gasteiger partial charge in [0.25, 0.3) is 5.56 Å². The smallest absolute Gasteiger partial charge is 0.318 e. The summed E-state index contributed by atoms with van der Waals surface area (Å²) in [6.07, 6.45) is 1.58. The lowest BCUT2D eigenvalue weighted by Crippen LogP contribution is -2.49. The van der Waals surface area contributed by atoms with Gasteiger partial charge in [-0.25, -0.2) is 9.78 Å². The number of urea groups is 1. The molecule has 0 aliphatic heterocycles. The quantitative estimate of drug-likeness (QED) is 0.437. The molecule has 34 heavy (non-hydrogen) atoms. The van der Waals surface area contributed by atoms with Crippen molar-refractivity contribution in [3.05, 3.63) is 94.4 Å². The largest absolute Gasteiger partial charge is 0.467 e. The zero-order chi connectivity index (χ0) is 24.5. The number of benzene rings is 2. The molecule has 176 valence electrons. The van der Waals surface area contributed by atoms with Crippen molar-refractivity contribution in [1.82, 2.24) is 19.8 Å².